The SMILES string of the molecule is Cc1csc(CCNc2cncc(C(=O)O)c2)n1. The molecule has 2 aromatic heterocycles. The number of nitrogens with zero attached hydrogens (tertiary/aromatic N) is 2. The minimum absolute atomic E-state index is 0.185. The first-order valence-corrected chi connectivity index (χ1v) is 6.36. The first-order valence-electron chi connectivity index (χ1n) is 5.48. The van der Waals surface area contributed by atoms with Crippen LogP contribution in [-0.4, -0.2) is 27.6 Å². The first kappa shape index (κ1) is 12.5. The fraction of sp³-hybridized carbons (Fsp3) is 0.250. The molecule has 0 aromatic carbocycles. The van der Waals surface area contributed by atoms with Crippen molar-refractivity contribution in [3.8, 4) is 0 Å². The van der Waals surface area contributed by atoms with Gasteiger partial charge in [-0.05, 0) is 13.0 Å². The normalized spacial score (nSPS) is 10.3. The summed E-state index contributed by atoms with van der Waals surface area (Å²) in [5.74, 6) is -0.971. The van der Waals surface area contributed by atoms with Crippen LogP contribution in [-0.2, 0) is 6.42 Å². The number of nitrogens with one attached hydrogen (secondary N) is 1. The van der Waals surface area contributed by atoms with E-state index in [9.17, 15) is 4.79 Å². The Hall–Kier alpha value is -1.95. The van der Waals surface area contributed by atoms with Crippen LogP contribution in [0.2, 0.25) is 0 Å². The van der Waals surface area contributed by atoms with Crippen molar-refractivity contribution in [3.05, 3.63) is 40.1 Å². The van der Waals surface area contributed by atoms with Crippen molar-refractivity contribution in [2.45, 2.75) is 13.3 Å². The van der Waals surface area contributed by atoms with E-state index >= 15 is 0 Å². The lowest BCUT2D eigenvalue weighted by atomic mass is 10.2. The van der Waals surface area contributed by atoms with E-state index in [1.54, 1.807) is 23.6 Å². The standard InChI is InChI=1S/C12H13N3O2S/c1-8-7-18-11(15-8)2-3-14-10-4-9(12(16)17)5-13-6-10/h4-7,14H,2-3H2,1H3,(H,16,17). The highest BCUT2D eigenvalue weighted by Crippen LogP contribution is 2.11. The van der Waals surface area contributed by atoms with Crippen molar-refractivity contribution in [1.29, 1.82) is 0 Å². The average Bonchev–Trinajstić information content (AvgIpc) is 2.75. The molecule has 5 nitrogen and oxygen atoms in total. The van der Waals surface area contributed by atoms with E-state index in [2.05, 4.69) is 15.3 Å². The Labute approximate surface area is 109 Å². The molecule has 0 aliphatic heterocycles. The van der Waals surface area contributed by atoms with Crippen LogP contribution >= 0.6 is 11.3 Å². The smallest absolute Gasteiger partial charge is 0.337 e. The molecule has 0 atom stereocenters. The van der Waals surface area contributed by atoms with Gasteiger partial charge in [-0.25, -0.2) is 9.78 Å². The largest absolute Gasteiger partial charge is 0.478 e. The summed E-state index contributed by atoms with van der Waals surface area (Å²) in [6.07, 6.45) is 3.76. The molecule has 0 radical (unpaired) electrons. The van der Waals surface area contributed by atoms with E-state index in [-0.39, 0.29) is 5.56 Å². The highest BCUT2D eigenvalue weighted by molar-refractivity contribution is 7.09. The Kier molecular flexibility index (Phi) is 3.88. The summed E-state index contributed by atoms with van der Waals surface area (Å²) in [6, 6.07) is 1.57. The monoisotopic (exact) mass is 263 g/mol. The Bertz CT molecular complexity index is 554. The van der Waals surface area contributed by atoms with Crippen molar-refractivity contribution >= 4 is 23.0 Å². The predicted octanol–water partition coefficient (Wildman–Crippen LogP) is 2.20. The highest BCUT2D eigenvalue weighted by atomic mass is 32.1. The Morgan fingerprint density at radius 1 is 1.50 bits per heavy atom. The van der Waals surface area contributed by atoms with Crippen molar-refractivity contribution in [2.75, 3.05) is 11.9 Å². The molecule has 0 aliphatic carbocycles. The molecule has 18 heavy (non-hydrogen) atoms. The fourth-order valence-corrected chi connectivity index (χ4v) is 2.26. The number of carboxylic acid groups (broad SMARTS) is 1. The van der Waals surface area contributed by atoms with Crippen LogP contribution in [0.25, 0.3) is 0 Å². The summed E-state index contributed by atoms with van der Waals surface area (Å²) < 4.78 is 0. The second kappa shape index (κ2) is 5.59. The van der Waals surface area contributed by atoms with Crippen LogP contribution in [0.3, 0.4) is 0 Å². The Balaban J connectivity index is 1.90. The molecule has 0 saturated heterocycles. The molecule has 0 aliphatic rings. The van der Waals surface area contributed by atoms with Gasteiger partial charge >= 0.3 is 5.97 Å². The molecule has 6 heteroatoms. The van der Waals surface area contributed by atoms with Gasteiger partial charge in [-0.15, -0.1) is 11.3 Å². The number of aryl methyl sites for hydroxylation is 1. The number of anilines is 1. The molecule has 2 N–H and O–H groups in total. The summed E-state index contributed by atoms with van der Waals surface area (Å²) in [5, 5.41) is 15.1. The van der Waals surface area contributed by atoms with Crippen molar-refractivity contribution < 1.29 is 9.90 Å². The zero-order valence-electron chi connectivity index (χ0n) is 9.88. The van der Waals surface area contributed by atoms with E-state index in [0.717, 1.165) is 17.1 Å². The van der Waals surface area contributed by atoms with Gasteiger partial charge in [-0.1, -0.05) is 0 Å². The molecule has 2 heterocycles. The number of carboxylic acids is 1. The lowest BCUT2D eigenvalue weighted by Gasteiger charge is -2.05. The van der Waals surface area contributed by atoms with Gasteiger partial charge in [0.2, 0.25) is 0 Å². The van der Waals surface area contributed by atoms with Crippen LogP contribution in [0.5, 0.6) is 0 Å². The number of aromatic carboxylic acids is 1. The predicted molar refractivity (Wildman–Crippen MR) is 70.2 cm³/mol. The zero-order chi connectivity index (χ0) is 13.0. The van der Waals surface area contributed by atoms with Gasteiger partial charge in [0, 0.05) is 36.4 Å². The maximum Gasteiger partial charge on any atom is 0.337 e. The average molecular weight is 263 g/mol. The molecule has 94 valence electrons. The minimum atomic E-state index is -0.971. The highest BCUT2D eigenvalue weighted by Gasteiger charge is 2.04. The second-order valence-electron chi connectivity index (χ2n) is 3.83. The summed E-state index contributed by atoms with van der Waals surface area (Å²) in [5.41, 5.74) is 1.93. The van der Waals surface area contributed by atoms with Crippen LogP contribution < -0.4 is 5.32 Å². The number of rotatable bonds is 5. The second-order valence-corrected chi connectivity index (χ2v) is 4.77. The van der Waals surface area contributed by atoms with Crippen LogP contribution in [0.1, 0.15) is 21.1 Å². The molecule has 0 spiro atoms. The first-order chi connectivity index (χ1) is 8.65. The van der Waals surface area contributed by atoms with Gasteiger partial charge < -0.3 is 10.4 Å². The molecular formula is C12H13N3O2S. The third-order valence-corrected chi connectivity index (χ3v) is 3.35. The molecule has 0 bridgehead atoms. The summed E-state index contributed by atoms with van der Waals surface area (Å²) in [4.78, 5) is 19.0. The van der Waals surface area contributed by atoms with Crippen molar-refractivity contribution in [1.82, 2.24) is 9.97 Å². The molecule has 0 fully saturated rings. The lowest BCUT2D eigenvalue weighted by molar-refractivity contribution is 0.0696. The van der Waals surface area contributed by atoms with Gasteiger partial charge in [0.25, 0.3) is 0 Å². The number of thiazole rings is 1. The van der Waals surface area contributed by atoms with E-state index in [4.69, 9.17) is 5.11 Å². The third-order valence-electron chi connectivity index (χ3n) is 2.32. The maximum atomic E-state index is 10.8. The molecule has 0 saturated carbocycles. The maximum absolute atomic E-state index is 10.8. The van der Waals surface area contributed by atoms with Crippen molar-refractivity contribution in [3.63, 3.8) is 0 Å². The quantitative estimate of drug-likeness (QED) is 0.865. The molecular weight excluding hydrogens is 250 g/mol. The Morgan fingerprint density at radius 2 is 2.33 bits per heavy atom. The van der Waals surface area contributed by atoms with Crippen molar-refractivity contribution in [2.24, 2.45) is 0 Å². The van der Waals surface area contributed by atoms with Gasteiger partial charge in [-0.3, -0.25) is 4.98 Å². The molecule has 2 rings (SSSR count). The number of pyridine rings is 1. The van der Waals surface area contributed by atoms with Gasteiger partial charge in [0.1, 0.15) is 0 Å². The number of hydrogen-bond acceptors (Lipinski definition) is 5. The lowest BCUT2D eigenvalue weighted by Crippen LogP contribution is -2.06. The van der Waals surface area contributed by atoms with E-state index < -0.39 is 5.97 Å². The summed E-state index contributed by atoms with van der Waals surface area (Å²) >= 11 is 1.63. The number of hydrogen-bond donors (Lipinski definition) is 2. The van der Waals surface area contributed by atoms with E-state index in [1.165, 1.54) is 6.20 Å². The summed E-state index contributed by atoms with van der Waals surface area (Å²) in [6.45, 7) is 2.67. The van der Waals surface area contributed by atoms with Gasteiger partial charge in [0.15, 0.2) is 0 Å². The molecule has 2 aromatic rings. The fourth-order valence-electron chi connectivity index (χ4n) is 1.48. The molecule has 0 amide bonds. The zero-order valence-corrected chi connectivity index (χ0v) is 10.7. The summed E-state index contributed by atoms with van der Waals surface area (Å²) in [7, 11) is 0. The van der Waals surface area contributed by atoms with Gasteiger partial charge in [-0.2, -0.15) is 0 Å². The Morgan fingerprint density at radius 3 is 3.00 bits per heavy atom. The van der Waals surface area contributed by atoms with Crippen LogP contribution in [0.4, 0.5) is 5.69 Å². The third kappa shape index (κ3) is 3.27. The number of carbonyl (C=O) groups is 1. The topological polar surface area (TPSA) is 75.1 Å². The van der Waals surface area contributed by atoms with E-state index in [1.807, 2.05) is 12.3 Å². The number of aromatic nitrogens is 2. The van der Waals surface area contributed by atoms with E-state index in [0.29, 0.717) is 12.2 Å². The van der Waals surface area contributed by atoms with Crippen LogP contribution in [0.15, 0.2) is 23.8 Å². The molecule has 0 unspecified atom stereocenters. The van der Waals surface area contributed by atoms with Crippen LogP contribution in [0, 0.1) is 6.92 Å². The minimum Gasteiger partial charge on any atom is -0.478 e. The van der Waals surface area contributed by atoms with Gasteiger partial charge in [0.05, 0.1) is 16.3 Å².